The van der Waals surface area contributed by atoms with Crippen molar-refractivity contribution in [3.05, 3.63) is 17.5 Å². The van der Waals surface area contributed by atoms with Gasteiger partial charge in [0, 0.05) is 12.2 Å². The molecule has 0 radical (unpaired) electrons. The lowest BCUT2D eigenvalue weighted by Crippen LogP contribution is -2.53. The summed E-state index contributed by atoms with van der Waals surface area (Å²) in [5.41, 5.74) is 6.90. The molecule has 1 aliphatic carbocycles. The Labute approximate surface area is 120 Å². The number of H-pyrrole nitrogens is 1. The van der Waals surface area contributed by atoms with E-state index in [0.717, 1.165) is 18.5 Å². The molecule has 1 unspecified atom stereocenters. The van der Waals surface area contributed by atoms with Gasteiger partial charge in [-0.1, -0.05) is 13.8 Å². The number of rotatable bonds is 5. The monoisotopic (exact) mass is 286 g/mol. The Morgan fingerprint density at radius 3 is 2.68 bits per heavy atom. The highest BCUT2D eigenvalue weighted by Gasteiger charge is 2.41. The fourth-order valence-electron chi connectivity index (χ4n) is 2.11. The molecular weight excluding hydrogens is 264 g/mol. The lowest BCUT2D eigenvalue weighted by Gasteiger charge is -2.29. The highest BCUT2D eigenvalue weighted by Crippen LogP contribution is 2.39. The van der Waals surface area contributed by atoms with Gasteiger partial charge in [0.1, 0.15) is 5.69 Å². The first-order valence-electron chi connectivity index (χ1n) is 6.54. The maximum absolute atomic E-state index is 12.1. The van der Waals surface area contributed by atoms with Gasteiger partial charge in [-0.05, 0) is 37.7 Å². The second kappa shape index (κ2) is 5.92. The van der Waals surface area contributed by atoms with Gasteiger partial charge in [-0.2, -0.15) is 5.10 Å². The van der Waals surface area contributed by atoms with Crippen LogP contribution >= 0.6 is 12.4 Å². The number of hydrogen-bond acceptors (Lipinski definition) is 3. The normalized spacial score (nSPS) is 17.7. The third-order valence-corrected chi connectivity index (χ3v) is 3.75. The molecule has 19 heavy (non-hydrogen) atoms. The number of carbonyl (C=O) groups excluding carboxylic acids is 1. The largest absolute Gasteiger partial charge is 0.344 e. The van der Waals surface area contributed by atoms with Crippen LogP contribution in [0.5, 0.6) is 0 Å². The molecule has 1 aromatic rings. The van der Waals surface area contributed by atoms with Crippen molar-refractivity contribution in [2.75, 3.05) is 6.54 Å². The maximum Gasteiger partial charge on any atom is 0.272 e. The first kappa shape index (κ1) is 16.0. The van der Waals surface area contributed by atoms with Gasteiger partial charge in [-0.15, -0.1) is 12.4 Å². The molecular formula is C13H23ClN4O. The fraction of sp³-hybridized carbons (Fsp3) is 0.692. The molecule has 1 fully saturated rings. The standard InChI is InChI=1S/C13H22N4O.ClH/c1-8(2)10-6-11(17-16-10)12(18)15-13(3,7-14)9-4-5-9;/h6,8-9H,4-5,7,14H2,1-3H3,(H,15,18)(H,16,17);1H. The molecule has 0 aliphatic heterocycles. The molecule has 0 spiro atoms. The average Bonchev–Trinajstić information content (AvgIpc) is 3.06. The summed E-state index contributed by atoms with van der Waals surface area (Å²) in [6, 6.07) is 1.81. The van der Waals surface area contributed by atoms with Gasteiger partial charge < -0.3 is 11.1 Å². The Balaban J connectivity index is 0.00000180. The maximum atomic E-state index is 12.1. The van der Waals surface area contributed by atoms with E-state index in [2.05, 4.69) is 29.4 Å². The zero-order chi connectivity index (χ0) is 13.3. The van der Waals surface area contributed by atoms with E-state index in [9.17, 15) is 4.79 Å². The van der Waals surface area contributed by atoms with Crippen molar-refractivity contribution in [1.29, 1.82) is 0 Å². The molecule has 0 aromatic carbocycles. The van der Waals surface area contributed by atoms with Crippen LogP contribution < -0.4 is 11.1 Å². The number of nitrogens with one attached hydrogen (secondary N) is 2. The summed E-state index contributed by atoms with van der Waals surface area (Å²) in [4.78, 5) is 12.1. The molecule has 6 heteroatoms. The molecule has 1 aromatic heterocycles. The predicted molar refractivity (Wildman–Crippen MR) is 77.6 cm³/mol. The van der Waals surface area contributed by atoms with Crippen LogP contribution in [0.15, 0.2) is 6.07 Å². The second-order valence-electron chi connectivity index (χ2n) is 5.71. The van der Waals surface area contributed by atoms with E-state index in [1.807, 2.05) is 13.0 Å². The van der Waals surface area contributed by atoms with Crippen LogP contribution in [0.25, 0.3) is 0 Å². The summed E-state index contributed by atoms with van der Waals surface area (Å²) >= 11 is 0. The van der Waals surface area contributed by atoms with Crippen molar-refractivity contribution in [3.63, 3.8) is 0 Å². The minimum Gasteiger partial charge on any atom is -0.344 e. The Bertz CT molecular complexity index is 442. The minimum atomic E-state index is -0.298. The van der Waals surface area contributed by atoms with E-state index in [1.165, 1.54) is 0 Å². The minimum absolute atomic E-state index is 0. The highest BCUT2D eigenvalue weighted by molar-refractivity contribution is 5.93. The Hall–Kier alpha value is -1.07. The highest BCUT2D eigenvalue weighted by atomic mass is 35.5. The number of aromatic amines is 1. The number of amides is 1. The van der Waals surface area contributed by atoms with E-state index < -0.39 is 0 Å². The zero-order valence-corrected chi connectivity index (χ0v) is 12.5. The van der Waals surface area contributed by atoms with Crippen LogP contribution in [0.2, 0.25) is 0 Å². The van der Waals surface area contributed by atoms with Crippen molar-refractivity contribution in [2.45, 2.75) is 45.1 Å². The quantitative estimate of drug-likeness (QED) is 0.772. The SMILES string of the molecule is CC(C)c1cc(C(=O)NC(C)(CN)C2CC2)n[nH]1.Cl. The van der Waals surface area contributed by atoms with E-state index in [0.29, 0.717) is 24.1 Å². The van der Waals surface area contributed by atoms with Crippen LogP contribution in [-0.4, -0.2) is 28.2 Å². The molecule has 108 valence electrons. The van der Waals surface area contributed by atoms with Crippen LogP contribution in [0, 0.1) is 5.92 Å². The van der Waals surface area contributed by atoms with Gasteiger partial charge >= 0.3 is 0 Å². The van der Waals surface area contributed by atoms with Gasteiger partial charge in [0.2, 0.25) is 0 Å². The lowest BCUT2D eigenvalue weighted by molar-refractivity contribution is 0.0892. The average molecular weight is 287 g/mol. The molecule has 0 bridgehead atoms. The van der Waals surface area contributed by atoms with Gasteiger partial charge in [0.25, 0.3) is 5.91 Å². The zero-order valence-electron chi connectivity index (χ0n) is 11.7. The van der Waals surface area contributed by atoms with Crippen molar-refractivity contribution in [3.8, 4) is 0 Å². The van der Waals surface area contributed by atoms with Gasteiger partial charge in [0.15, 0.2) is 0 Å². The van der Waals surface area contributed by atoms with Crippen LogP contribution in [0.3, 0.4) is 0 Å². The Morgan fingerprint density at radius 2 is 2.26 bits per heavy atom. The van der Waals surface area contributed by atoms with E-state index in [-0.39, 0.29) is 23.9 Å². The summed E-state index contributed by atoms with van der Waals surface area (Å²) in [6.07, 6.45) is 2.29. The predicted octanol–water partition coefficient (Wildman–Crippen LogP) is 1.81. The second-order valence-corrected chi connectivity index (χ2v) is 5.71. The Morgan fingerprint density at radius 1 is 1.63 bits per heavy atom. The lowest BCUT2D eigenvalue weighted by atomic mass is 9.96. The Kier molecular flexibility index (Phi) is 4.98. The van der Waals surface area contributed by atoms with Crippen LogP contribution in [0.1, 0.15) is 55.7 Å². The number of hydrogen-bond donors (Lipinski definition) is 3. The molecule has 2 rings (SSSR count). The molecule has 1 amide bonds. The molecule has 5 nitrogen and oxygen atoms in total. The van der Waals surface area contributed by atoms with Gasteiger partial charge in [-0.25, -0.2) is 0 Å². The smallest absolute Gasteiger partial charge is 0.272 e. The third-order valence-electron chi connectivity index (χ3n) is 3.75. The topological polar surface area (TPSA) is 83.8 Å². The van der Waals surface area contributed by atoms with Crippen molar-refractivity contribution in [1.82, 2.24) is 15.5 Å². The molecule has 0 saturated heterocycles. The van der Waals surface area contributed by atoms with Crippen molar-refractivity contribution < 1.29 is 4.79 Å². The molecule has 1 atom stereocenters. The summed E-state index contributed by atoms with van der Waals surface area (Å²) < 4.78 is 0. The number of aromatic nitrogens is 2. The summed E-state index contributed by atoms with van der Waals surface area (Å²) in [5, 5.41) is 9.98. The fourth-order valence-corrected chi connectivity index (χ4v) is 2.11. The van der Waals surface area contributed by atoms with E-state index >= 15 is 0 Å². The van der Waals surface area contributed by atoms with Crippen LogP contribution in [0.4, 0.5) is 0 Å². The van der Waals surface area contributed by atoms with Crippen molar-refractivity contribution in [2.24, 2.45) is 11.7 Å². The molecule has 4 N–H and O–H groups in total. The number of nitrogens with zero attached hydrogens (tertiary/aromatic N) is 1. The molecule has 1 heterocycles. The first-order valence-corrected chi connectivity index (χ1v) is 6.54. The summed E-state index contributed by atoms with van der Waals surface area (Å²) in [5.74, 6) is 0.705. The number of halogens is 1. The summed E-state index contributed by atoms with van der Waals surface area (Å²) in [7, 11) is 0. The molecule has 1 saturated carbocycles. The third kappa shape index (κ3) is 3.48. The van der Waals surface area contributed by atoms with Crippen molar-refractivity contribution >= 4 is 18.3 Å². The number of carbonyl (C=O) groups is 1. The van der Waals surface area contributed by atoms with E-state index in [4.69, 9.17) is 5.73 Å². The van der Waals surface area contributed by atoms with Gasteiger partial charge in [-0.3, -0.25) is 9.89 Å². The van der Waals surface area contributed by atoms with E-state index in [1.54, 1.807) is 0 Å². The van der Waals surface area contributed by atoms with Crippen LogP contribution in [-0.2, 0) is 0 Å². The summed E-state index contributed by atoms with van der Waals surface area (Å²) in [6.45, 7) is 6.59. The first-order chi connectivity index (χ1) is 8.46. The molecule has 1 aliphatic rings. The number of nitrogens with two attached hydrogens (primary N) is 1. The van der Waals surface area contributed by atoms with Gasteiger partial charge in [0.05, 0.1) is 5.54 Å².